The number of carbonyl (C=O) groups excluding carboxylic acids is 1. The summed E-state index contributed by atoms with van der Waals surface area (Å²) in [6, 6.07) is 4.82. The second-order valence-corrected chi connectivity index (χ2v) is 5.31. The van der Waals surface area contributed by atoms with Gasteiger partial charge in [-0.05, 0) is 12.1 Å². The van der Waals surface area contributed by atoms with Crippen LogP contribution >= 0.6 is 12.4 Å². The molecule has 1 amide bonds. The number of halogens is 1. The number of hydrogen-bond donors (Lipinski definition) is 3. The van der Waals surface area contributed by atoms with Crippen LogP contribution in [-0.4, -0.2) is 62.9 Å². The van der Waals surface area contributed by atoms with Gasteiger partial charge in [-0.3, -0.25) is 4.79 Å². The number of carbonyl (C=O) groups is 1. The molecule has 0 saturated carbocycles. The largest absolute Gasteiger partial charge is 0.491 e. The first-order valence-electron chi connectivity index (χ1n) is 7.52. The van der Waals surface area contributed by atoms with Gasteiger partial charge in [-0.15, -0.1) is 12.4 Å². The monoisotopic (exact) mass is 360 g/mol. The van der Waals surface area contributed by atoms with Crippen LogP contribution in [-0.2, 0) is 9.53 Å². The van der Waals surface area contributed by atoms with E-state index in [9.17, 15) is 9.90 Å². The molecule has 0 aromatic heterocycles. The van der Waals surface area contributed by atoms with Crippen molar-refractivity contribution >= 4 is 18.3 Å². The van der Waals surface area contributed by atoms with Gasteiger partial charge in [0.2, 0.25) is 12.7 Å². The van der Waals surface area contributed by atoms with Crippen LogP contribution in [0.2, 0.25) is 0 Å². The first kappa shape index (κ1) is 18.6. The Labute approximate surface area is 145 Å². The second-order valence-electron chi connectivity index (χ2n) is 5.31. The molecule has 0 bridgehead atoms. The molecule has 1 saturated heterocycles. The first-order chi connectivity index (χ1) is 11.2. The van der Waals surface area contributed by atoms with Crippen molar-refractivity contribution in [1.82, 2.24) is 10.6 Å². The lowest BCUT2D eigenvalue weighted by Gasteiger charge is -2.23. The summed E-state index contributed by atoms with van der Waals surface area (Å²) in [4.78, 5) is 11.9. The van der Waals surface area contributed by atoms with Gasteiger partial charge in [-0.2, -0.15) is 0 Å². The summed E-state index contributed by atoms with van der Waals surface area (Å²) in [6.45, 7) is 1.97. The summed E-state index contributed by atoms with van der Waals surface area (Å²) in [6.07, 6.45) is -0.811. The van der Waals surface area contributed by atoms with Gasteiger partial charge in [0.05, 0.1) is 13.2 Å². The molecule has 134 valence electrons. The Bertz CT molecular complexity index is 553. The van der Waals surface area contributed by atoms with Gasteiger partial charge in [0.25, 0.3) is 0 Å². The van der Waals surface area contributed by atoms with Crippen molar-refractivity contribution in [3.05, 3.63) is 18.2 Å². The predicted octanol–water partition coefficient (Wildman–Crippen LogP) is -0.319. The van der Waals surface area contributed by atoms with Crippen molar-refractivity contribution < 1.29 is 28.8 Å². The van der Waals surface area contributed by atoms with E-state index >= 15 is 0 Å². The Morgan fingerprint density at radius 1 is 1.42 bits per heavy atom. The third-order valence-electron chi connectivity index (χ3n) is 3.54. The van der Waals surface area contributed by atoms with E-state index in [4.69, 9.17) is 18.9 Å². The highest BCUT2D eigenvalue weighted by Gasteiger charge is 2.21. The zero-order chi connectivity index (χ0) is 16.1. The molecule has 2 aliphatic heterocycles. The maximum absolute atomic E-state index is 11.9. The molecule has 1 aromatic carbocycles. The van der Waals surface area contributed by atoms with E-state index < -0.39 is 6.10 Å². The van der Waals surface area contributed by atoms with Gasteiger partial charge < -0.3 is 34.7 Å². The Morgan fingerprint density at radius 3 is 3.04 bits per heavy atom. The van der Waals surface area contributed by atoms with E-state index in [0.717, 1.165) is 0 Å². The number of morpholine rings is 1. The molecule has 1 fully saturated rings. The topological polar surface area (TPSA) is 98.3 Å². The smallest absolute Gasteiger partial charge is 0.239 e. The summed E-state index contributed by atoms with van der Waals surface area (Å²) in [7, 11) is 0. The number of aliphatic hydroxyl groups is 1. The molecular formula is C15H21ClN2O6. The fourth-order valence-corrected chi connectivity index (χ4v) is 2.29. The second kappa shape index (κ2) is 8.93. The molecule has 24 heavy (non-hydrogen) atoms. The van der Waals surface area contributed by atoms with E-state index in [2.05, 4.69) is 10.6 Å². The minimum absolute atomic E-state index is 0. The van der Waals surface area contributed by atoms with Gasteiger partial charge in [-0.25, -0.2) is 0 Å². The van der Waals surface area contributed by atoms with Gasteiger partial charge in [0, 0.05) is 19.2 Å². The molecule has 3 N–H and O–H groups in total. The fourth-order valence-electron chi connectivity index (χ4n) is 2.29. The first-order valence-corrected chi connectivity index (χ1v) is 7.52. The highest BCUT2D eigenvalue weighted by Crippen LogP contribution is 2.35. The lowest BCUT2D eigenvalue weighted by molar-refractivity contribution is -0.126. The lowest BCUT2D eigenvalue weighted by atomic mass is 10.2. The van der Waals surface area contributed by atoms with Crippen LogP contribution in [0.15, 0.2) is 18.2 Å². The summed E-state index contributed by atoms with van der Waals surface area (Å²) in [5.41, 5.74) is 0. The predicted molar refractivity (Wildman–Crippen MR) is 86.9 cm³/mol. The van der Waals surface area contributed by atoms with E-state index in [1.54, 1.807) is 18.2 Å². The van der Waals surface area contributed by atoms with Crippen molar-refractivity contribution in [3.8, 4) is 17.2 Å². The van der Waals surface area contributed by atoms with Crippen LogP contribution in [0.4, 0.5) is 0 Å². The third kappa shape index (κ3) is 4.88. The maximum Gasteiger partial charge on any atom is 0.239 e. The van der Waals surface area contributed by atoms with Gasteiger partial charge in [0.1, 0.15) is 24.5 Å². The highest BCUT2D eigenvalue weighted by atomic mass is 35.5. The van der Waals surface area contributed by atoms with Gasteiger partial charge in [0.15, 0.2) is 11.5 Å². The fraction of sp³-hybridized carbons (Fsp3) is 0.533. The Morgan fingerprint density at radius 2 is 2.25 bits per heavy atom. The molecule has 0 aliphatic carbocycles. The van der Waals surface area contributed by atoms with Crippen LogP contribution in [0.1, 0.15) is 0 Å². The number of ether oxygens (including phenoxy) is 4. The molecular weight excluding hydrogens is 340 g/mol. The van der Waals surface area contributed by atoms with Crippen LogP contribution < -0.4 is 24.8 Å². The van der Waals surface area contributed by atoms with Gasteiger partial charge >= 0.3 is 0 Å². The molecule has 1 aromatic rings. The summed E-state index contributed by atoms with van der Waals surface area (Å²) < 4.78 is 21.2. The molecule has 3 rings (SSSR count). The van der Waals surface area contributed by atoms with Crippen molar-refractivity contribution in [3.63, 3.8) is 0 Å². The van der Waals surface area contributed by atoms with E-state index in [-0.39, 0.29) is 44.3 Å². The average Bonchev–Trinajstić information content (AvgIpc) is 3.06. The molecule has 0 spiro atoms. The lowest BCUT2D eigenvalue weighted by Crippen LogP contribution is -2.52. The quantitative estimate of drug-likeness (QED) is 0.639. The van der Waals surface area contributed by atoms with E-state index in [1.807, 2.05) is 0 Å². The number of amides is 1. The average molecular weight is 361 g/mol. The number of nitrogens with one attached hydrogen (secondary N) is 2. The zero-order valence-corrected chi connectivity index (χ0v) is 13.8. The Hall–Kier alpha value is -1.74. The standard InChI is InChI=1S/C15H20N2O6.ClH/c18-10(6-17-15(19)12-8-20-4-3-16-12)7-21-11-1-2-13-14(5-11)23-9-22-13;/h1-2,5,10,12,16,18H,3-4,6-9H2,(H,17,19);1H. The van der Waals surface area contributed by atoms with E-state index in [0.29, 0.717) is 37.0 Å². The normalized spacial score (nSPS) is 20.0. The molecule has 2 atom stereocenters. The van der Waals surface area contributed by atoms with Gasteiger partial charge in [-0.1, -0.05) is 0 Å². The molecule has 8 nitrogen and oxygen atoms in total. The molecule has 2 aliphatic rings. The zero-order valence-electron chi connectivity index (χ0n) is 13.0. The van der Waals surface area contributed by atoms with Crippen molar-refractivity contribution in [2.45, 2.75) is 12.1 Å². The van der Waals surface area contributed by atoms with Crippen molar-refractivity contribution in [1.29, 1.82) is 0 Å². The Kier molecular flexibility index (Phi) is 6.92. The summed E-state index contributed by atoms with van der Waals surface area (Å²) in [5.74, 6) is 1.68. The molecule has 2 heterocycles. The van der Waals surface area contributed by atoms with Crippen LogP contribution in [0.3, 0.4) is 0 Å². The number of fused-ring (bicyclic) bond motifs is 1. The minimum atomic E-state index is -0.811. The van der Waals surface area contributed by atoms with Crippen molar-refractivity contribution in [2.75, 3.05) is 39.7 Å². The Balaban J connectivity index is 0.00000208. The molecule has 9 heteroatoms. The van der Waals surface area contributed by atoms with E-state index in [1.165, 1.54) is 0 Å². The molecule has 0 radical (unpaired) electrons. The third-order valence-corrected chi connectivity index (χ3v) is 3.54. The van der Waals surface area contributed by atoms with Crippen LogP contribution in [0, 0.1) is 0 Å². The van der Waals surface area contributed by atoms with Crippen LogP contribution in [0.5, 0.6) is 17.2 Å². The summed E-state index contributed by atoms with van der Waals surface area (Å²) in [5, 5.41) is 15.6. The van der Waals surface area contributed by atoms with Crippen LogP contribution in [0.25, 0.3) is 0 Å². The number of benzene rings is 1. The SMILES string of the molecule is Cl.O=C(NCC(O)COc1ccc2c(c1)OCO2)C1COCCN1. The highest BCUT2D eigenvalue weighted by molar-refractivity contribution is 5.85. The number of aliphatic hydroxyl groups excluding tert-OH is 1. The number of hydrogen-bond acceptors (Lipinski definition) is 7. The maximum atomic E-state index is 11.9. The molecule has 2 unspecified atom stereocenters. The summed E-state index contributed by atoms with van der Waals surface area (Å²) >= 11 is 0. The minimum Gasteiger partial charge on any atom is -0.491 e. The van der Waals surface area contributed by atoms with Crippen molar-refractivity contribution in [2.24, 2.45) is 0 Å². The number of rotatable bonds is 6.